The van der Waals surface area contributed by atoms with E-state index in [1.807, 2.05) is 60.9 Å². The maximum absolute atomic E-state index is 8.54. The largest absolute Gasteiger partial charge is 0.457 e. The van der Waals surface area contributed by atoms with Crippen LogP contribution in [0.3, 0.4) is 0 Å². The molecular weight excluding hydrogens is 601 g/mol. The monoisotopic (exact) mass is 648 g/mol. The number of rotatable bonds is 2. The minimum atomic E-state index is -2.33. The Labute approximate surface area is 295 Å². The Hall–Kier alpha value is -4.90. The standard InChI is InChI=1S/C44H42N4O/c1-23-11-17-31-37-35(23)27-15-13-25(19-29(27)39-45-21-33(47(37)39)43(7,8)41(31,3)4)49-26-14-16-28-30(20-26)40-46-22-34-44(9,10)42(5,6)32-18-12-24(2)36(28)38(32)48(34)40/h11-22H,1-10H3/i1D3,2D3. The molecule has 0 bridgehead atoms. The van der Waals surface area contributed by atoms with E-state index in [2.05, 4.69) is 64.2 Å². The Bertz CT molecular complexity index is 2840. The molecule has 2 aliphatic rings. The second-order valence-electron chi connectivity index (χ2n) is 16.4. The van der Waals surface area contributed by atoms with Crippen LogP contribution in [-0.2, 0) is 21.7 Å². The van der Waals surface area contributed by atoms with E-state index in [0.29, 0.717) is 33.4 Å². The van der Waals surface area contributed by atoms with Crippen LogP contribution in [0, 0.1) is 13.7 Å². The number of benzene rings is 4. The average Bonchev–Trinajstić information content (AvgIpc) is 3.76. The first kappa shape index (κ1) is 23.5. The molecule has 0 aliphatic carbocycles. The zero-order valence-corrected chi connectivity index (χ0v) is 29.1. The van der Waals surface area contributed by atoms with Crippen LogP contribution < -0.4 is 4.74 Å². The predicted molar refractivity (Wildman–Crippen MR) is 202 cm³/mol. The number of hydrogen-bond donors (Lipinski definition) is 0. The molecule has 4 aromatic heterocycles. The maximum Gasteiger partial charge on any atom is 0.145 e. The van der Waals surface area contributed by atoms with Crippen LogP contribution in [0.2, 0.25) is 0 Å². The van der Waals surface area contributed by atoms with Crippen LogP contribution >= 0.6 is 0 Å². The Morgan fingerprint density at radius 2 is 0.959 bits per heavy atom. The second kappa shape index (κ2) is 8.63. The van der Waals surface area contributed by atoms with Gasteiger partial charge in [0.15, 0.2) is 0 Å². The molecule has 0 saturated heterocycles. The molecule has 0 atom stereocenters. The third kappa shape index (κ3) is 3.19. The predicted octanol–water partition coefficient (Wildman–Crippen LogP) is 11.1. The summed E-state index contributed by atoms with van der Waals surface area (Å²) < 4.78 is 62.2. The van der Waals surface area contributed by atoms with Gasteiger partial charge in [-0.1, -0.05) is 79.7 Å². The van der Waals surface area contributed by atoms with E-state index < -0.39 is 13.7 Å². The van der Waals surface area contributed by atoms with E-state index in [1.54, 1.807) is 12.1 Å². The number of ether oxygens (including phenoxy) is 1. The number of aromatic nitrogens is 4. The highest BCUT2D eigenvalue weighted by Crippen LogP contribution is 2.53. The van der Waals surface area contributed by atoms with Crippen LogP contribution in [-0.4, -0.2) is 18.8 Å². The lowest BCUT2D eigenvalue weighted by Gasteiger charge is -2.46. The summed E-state index contributed by atoms with van der Waals surface area (Å²) >= 11 is 0. The van der Waals surface area contributed by atoms with Gasteiger partial charge < -0.3 is 4.74 Å². The van der Waals surface area contributed by atoms with Gasteiger partial charge in [0.2, 0.25) is 0 Å². The molecule has 10 rings (SSSR count). The van der Waals surface area contributed by atoms with Gasteiger partial charge in [-0.2, -0.15) is 0 Å². The Kier molecular flexibility index (Phi) is 4.13. The normalized spacial score (nSPS) is 20.6. The van der Waals surface area contributed by atoms with Crippen molar-refractivity contribution < 1.29 is 13.0 Å². The van der Waals surface area contributed by atoms with Crippen molar-refractivity contribution >= 4 is 54.6 Å². The van der Waals surface area contributed by atoms with E-state index in [9.17, 15) is 0 Å². The SMILES string of the molecule is [2H]C([2H])([2H])c1ccc2c3c1c1ccc(Oc4ccc5c(c4)c4ncc6n4c4c(ccc(C([2H])([2H])[2H])c54)C(C)(C)C6(C)C)cc1c1ncc(n13)C(C)(C)C2(C)C. The van der Waals surface area contributed by atoms with Crippen LogP contribution in [0.15, 0.2) is 73.1 Å². The molecule has 5 heteroatoms. The van der Waals surface area contributed by atoms with Gasteiger partial charge in [-0.3, -0.25) is 8.80 Å². The summed E-state index contributed by atoms with van der Waals surface area (Å²) in [6.07, 6.45) is 3.87. The van der Waals surface area contributed by atoms with Crippen LogP contribution in [0.25, 0.3) is 54.6 Å². The highest BCUT2D eigenvalue weighted by Gasteiger charge is 2.48. The molecule has 49 heavy (non-hydrogen) atoms. The lowest BCUT2D eigenvalue weighted by atomic mass is 9.60. The molecule has 5 nitrogen and oxygen atoms in total. The van der Waals surface area contributed by atoms with Gasteiger partial charge in [-0.05, 0) is 83.1 Å². The summed E-state index contributed by atoms with van der Waals surface area (Å²) in [6, 6.07) is 19.1. The molecule has 2 aliphatic heterocycles. The molecule has 0 saturated carbocycles. The fraction of sp³-hybridized carbons (Fsp3) is 0.318. The number of fused-ring (bicyclic) bond motifs is 6. The molecule has 244 valence electrons. The van der Waals surface area contributed by atoms with Crippen molar-refractivity contribution in [2.24, 2.45) is 0 Å². The molecule has 6 heterocycles. The number of nitrogens with zero attached hydrogens (tertiary/aromatic N) is 4. The Morgan fingerprint density at radius 1 is 0.531 bits per heavy atom. The average molecular weight is 649 g/mol. The van der Waals surface area contributed by atoms with Gasteiger partial charge >= 0.3 is 0 Å². The topological polar surface area (TPSA) is 43.8 Å². The molecule has 8 aromatic rings. The minimum absolute atomic E-state index is 0.295. The first-order valence-corrected chi connectivity index (χ1v) is 17.1. The third-order valence-electron chi connectivity index (χ3n) is 13.3. The van der Waals surface area contributed by atoms with Gasteiger partial charge in [-0.15, -0.1) is 0 Å². The molecule has 0 spiro atoms. The van der Waals surface area contributed by atoms with Crippen molar-refractivity contribution in [3.8, 4) is 11.5 Å². The highest BCUT2D eigenvalue weighted by molar-refractivity contribution is 6.16. The molecule has 0 radical (unpaired) electrons. The Morgan fingerprint density at radius 3 is 1.37 bits per heavy atom. The quantitative estimate of drug-likeness (QED) is 0.175. The number of pyridine rings is 2. The van der Waals surface area contributed by atoms with Crippen molar-refractivity contribution in [3.05, 3.63) is 107 Å². The van der Waals surface area contributed by atoms with Crippen LogP contribution in [0.1, 0.15) is 97.3 Å². The van der Waals surface area contributed by atoms with Crippen molar-refractivity contribution in [1.82, 2.24) is 18.8 Å². The van der Waals surface area contributed by atoms with Crippen molar-refractivity contribution in [2.45, 2.75) is 90.8 Å². The van der Waals surface area contributed by atoms with Crippen molar-refractivity contribution in [2.75, 3.05) is 0 Å². The van der Waals surface area contributed by atoms with Crippen molar-refractivity contribution in [3.63, 3.8) is 0 Å². The number of aryl methyl sites for hydroxylation is 2. The van der Waals surface area contributed by atoms with Gasteiger partial charge in [0.1, 0.15) is 22.8 Å². The van der Waals surface area contributed by atoms with E-state index in [1.165, 1.54) is 0 Å². The fourth-order valence-corrected chi connectivity index (χ4v) is 9.05. The summed E-state index contributed by atoms with van der Waals surface area (Å²) in [5.41, 5.74) is 6.98. The van der Waals surface area contributed by atoms with Gasteiger partial charge in [0.05, 0.1) is 11.0 Å². The lowest BCUT2D eigenvalue weighted by Crippen LogP contribution is -2.44. The fourth-order valence-electron chi connectivity index (χ4n) is 9.05. The van der Waals surface area contributed by atoms with Crippen LogP contribution in [0.4, 0.5) is 0 Å². The van der Waals surface area contributed by atoms with Gasteiger partial charge in [0, 0.05) is 75.2 Å². The maximum atomic E-state index is 8.54. The van der Waals surface area contributed by atoms with E-state index in [-0.39, 0.29) is 21.7 Å². The summed E-state index contributed by atoms with van der Waals surface area (Å²) in [4.78, 5) is 9.96. The van der Waals surface area contributed by atoms with E-state index >= 15 is 0 Å². The summed E-state index contributed by atoms with van der Waals surface area (Å²) in [7, 11) is 0. The van der Waals surface area contributed by atoms with E-state index in [4.69, 9.17) is 22.9 Å². The molecule has 4 aromatic carbocycles. The molecule has 0 N–H and O–H groups in total. The zero-order chi connectivity index (χ0) is 39.2. The van der Waals surface area contributed by atoms with Gasteiger partial charge in [-0.25, -0.2) is 9.97 Å². The highest BCUT2D eigenvalue weighted by atomic mass is 16.5. The number of hydrogen-bond acceptors (Lipinski definition) is 3. The molecule has 0 fully saturated rings. The Balaban J connectivity index is 1.22. The molecular formula is C44H42N4O. The minimum Gasteiger partial charge on any atom is -0.457 e. The van der Waals surface area contributed by atoms with Gasteiger partial charge in [0.25, 0.3) is 0 Å². The second-order valence-corrected chi connectivity index (χ2v) is 16.4. The molecule has 0 unspecified atom stereocenters. The van der Waals surface area contributed by atoms with E-state index in [0.717, 1.165) is 66.4 Å². The first-order valence-electron chi connectivity index (χ1n) is 20.1. The summed E-state index contributed by atoms with van der Waals surface area (Å²) in [6.45, 7) is 13.1. The summed E-state index contributed by atoms with van der Waals surface area (Å²) in [5.74, 6) is 1.13. The first-order chi connectivity index (χ1) is 25.6. The lowest BCUT2D eigenvalue weighted by molar-refractivity contribution is 0.288. The smallest absolute Gasteiger partial charge is 0.145 e. The zero-order valence-electron chi connectivity index (χ0n) is 35.1. The van der Waals surface area contributed by atoms with Crippen LogP contribution in [0.5, 0.6) is 11.5 Å². The third-order valence-corrected chi connectivity index (χ3v) is 13.3. The summed E-state index contributed by atoms with van der Waals surface area (Å²) in [5, 5.41) is 4.62. The van der Waals surface area contributed by atoms with Crippen molar-refractivity contribution in [1.29, 1.82) is 0 Å². The number of imidazole rings is 2. The molecule has 0 amide bonds.